The Kier molecular flexibility index (Phi) is 3.56. The van der Waals surface area contributed by atoms with Gasteiger partial charge in [0.2, 0.25) is 0 Å². The van der Waals surface area contributed by atoms with Gasteiger partial charge in [0, 0.05) is 19.1 Å². The summed E-state index contributed by atoms with van der Waals surface area (Å²) in [5, 5.41) is 0.768. The molecule has 1 atom stereocenters. The van der Waals surface area contributed by atoms with Gasteiger partial charge < -0.3 is 15.1 Å². The maximum Gasteiger partial charge on any atom is 0.289 e. The van der Waals surface area contributed by atoms with Crippen LogP contribution in [0.3, 0.4) is 0 Å². The molecule has 1 saturated heterocycles. The molecule has 1 fully saturated rings. The van der Waals surface area contributed by atoms with Crippen molar-refractivity contribution in [2.45, 2.75) is 24.0 Å². The highest BCUT2D eigenvalue weighted by Gasteiger charge is 2.24. The van der Waals surface area contributed by atoms with E-state index in [1.165, 1.54) is 11.8 Å². The molecule has 1 aromatic heterocycles. The van der Waals surface area contributed by atoms with Crippen LogP contribution in [-0.4, -0.2) is 36.2 Å². The zero-order valence-corrected chi connectivity index (χ0v) is 10.1. The predicted octanol–water partition coefficient (Wildman–Crippen LogP) is 1.56. The Hall–Kier alpha value is -0.940. The van der Waals surface area contributed by atoms with Crippen LogP contribution in [-0.2, 0) is 0 Å². The Balaban J connectivity index is 2.06. The minimum absolute atomic E-state index is 0.0459. The minimum atomic E-state index is -0.0459. The van der Waals surface area contributed by atoms with Crippen molar-refractivity contribution in [2.75, 3.05) is 19.3 Å². The van der Waals surface area contributed by atoms with E-state index in [0.29, 0.717) is 12.3 Å². The number of piperidine rings is 1. The molecular weight excluding hydrogens is 224 g/mol. The fourth-order valence-corrected chi connectivity index (χ4v) is 2.27. The van der Waals surface area contributed by atoms with E-state index < -0.39 is 0 Å². The number of hydrogen-bond acceptors (Lipinski definition) is 4. The molecular formula is C11H16N2O2S. The molecule has 0 radical (unpaired) electrons. The van der Waals surface area contributed by atoms with Crippen LogP contribution >= 0.6 is 11.8 Å². The van der Waals surface area contributed by atoms with E-state index >= 15 is 0 Å². The molecule has 0 aromatic carbocycles. The van der Waals surface area contributed by atoms with Gasteiger partial charge in [-0.05, 0) is 31.2 Å². The highest BCUT2D eigenvalue weighted by atomic mass is 32.2. The average Bonchev–Trinajstić information content (AvgIpc) is 2.76. The first-order chi connectivity index (χ1) is 7.70. The van der Waals surface area contributed by atoms with E-state index in [4.69, 9.17) is 10.2 Å². The molecule has 1 unspecified atom stereocenters. The zero-order chi connectivity index (χ0) is 11.5. The number of carbonyl (C=O) groups is 1. The third kappa shape index (κ3) is 2.41. The molecule has 1 aliphatic heterocycles. The summed E-state index contributed by atoms with van der Waals surface area (Å²) in [6, 6.07) is 3.66. The van der Waals surface area contributed by atoms with Gasteiger partial charge in [-0.15, -0.1) is 0 Å². The Morgan fingerprint density at radius 1 is 1.62 bits per heavy atom. The lowest BCUT2D eigenvalue weighted by Gasteiger charge is -2.29. The summed E-state index contributed by atoms with van der Waals surface area (Å²) in [7, 11) is 0. The monoisotopic (exact) mass is 240 g/mol. The number of carbonyl (C=O) groups excluding carboxylic acids is 1. The van der Waals surface area contributed by atoms with Gasteiger partial charge in [0.25, 0.3) is 5.91 Å². The van der Waals surface area contributed by atoms with Gasteiger partial charge in [-0.1, -0.05) is 11.8 Å². The lowest BCUT2D eigenvalue weighted by Crippen LogP contribution is -2.45. The van der Waals surface area contributed by atoms with E-state index in [9.17, 15) is 4.79 Å². The number of nitrogens with two attached hydrogens (primary N) is 1. The molecule has 2 rings (SSSR count). The van der Waals surface area contributed by atoms with E-state index in [2.05, 4.69) is 0 Å². The van der Waals surface area contributed by atoms with Gasteiger partial charge in [0.15, 0.2) is 10.9 Å². The first kappa shape index (κ1) is 11.5. The smallest absolute Gasteiger partial charge is 0.289 e. The maximum absolute atomic E-state index is 12.0. The molecule has 88 valence electrons. The molecule has 16 heavy (non-hydrogen) atoms. The van der Waals surface area contributed by atoms with Gasteiger partial charge in [0.05, 0.1) is 0 Å². The van der Waals surface area contributed by atoms with Crippen LogP contribution in [0.4, 0.5) is 0 Å². The van der Waals surface area contributed by atoms with Crippen molar-refractivity contribution in [2.24, 2.45) is 5.73 Å². The van der Waals surface area contributed by atoms with Crippen LogP contribution in [0.5, 0.6) is 0 Å². The Labute approximate surface area is 99.2 Å². The van der Waals surface area contributed by atoms with Crippen molar-refractivity contribution in [1.82, 2.24) is 4.90 Å². The van der Waals surface area contributed by atoms with Crippen LogP contribution < -0.4 is 5.73 Å². The fraction of sp³-hybridized carbons (Fsp3) is 0.545. The summed E-state index contributed by atoms with van der Waals surface area (Å²) in [6.45, 7) is 1.41. The second kappa shape index (κ2) is 4.93. The van der Waals surface area contributed by atoms with Crippen molar-refractivity contribution >= 4 is 17.7 Å². The maximum atomic E-state index is 12.0. The SMILES string of the molecule is CSc1ccc(C(=O)N2CCCC(N)C2)o1. The molecule has 0 saturated carbocycles. The van der Waals surface area contributed by atoms with Gasteiger partial charge in [-0.25, -0.2) is 0 Å². The summed E-state index contributed by atoms with van der Waals surface area (Å²) >= 11 is 1.49. The van der Waals surface area contributed by atoms with Crippen molar-refractivity contribution in [3.05, 3.63) is 17.9 Å². The number of nitrogens with zero attached hydrogens (tertiary/aromatic N) is 1. The molecule has 5 heteroatoms. The van der Waals surface area contributed by atoms with Crippen LogP contribution in [0.15, 0.2) is 21.6 Å². The molecule has 0 bridgehead atoms. The molecule has 0 spiro atoms. The summed E-state index contributed by atoms with van der Waals surface area (Å²) < 4.78 is 5.41. The number of hydrogen-bond donors (Lipinski definition) is 1. The van der Waals surface area contributed by atoms with Crippen LogP contribution in [0.1, 0.15) is 23.4 Å². The lowest BCUT2D eigenvalue weighted by atomic mass is 10.1. The Morgan fingerprint density at radius 2 is 2.44 bits per heavy atom. The molecule has 1 aliphatic rings. The molecule has 2 N–H and O–H groups in total. The number of likely N-dealkylation sites (tertiary alicyclic amines) is 1. The molecule has 1 aromatic rings. The van der Waals surface area contributed by atoms with Crippen LogP contribution in [0, 0.1) is 0 Å². The van der Waals surface area contributed by atoms with E-state index in [1.54, 1.807) is 11.0 Å². The van der Waals surface area contributed by atoms with Gasteiger partial charge in [0.1, 0.15) is 0 Å². The second-order valence-electron chi connectivity index (χ2n) is 3.98. The lowest BCUT2D eigenvalue weighted by molar-refractivity contribution is 0.0671. The normalized spacial score (nSPS) is 21.1. The van der Waals surface area contributed by atoms with Crippen molar-refractivity contribution in [3.63, 3.8) is 0 Å². The summed E-state index contributed by atoms with van der Waals surface area (Å²) in [5.74, 6) is 0.369. The number of furan rings is 1. The van der Waals surface area contributed by atoms with Gasteiger partial charge in [-0.3, -0.25) is 4.79 Å². The summed E-state index contributed by atoms with van der Waals surface area (Å²) in [6.07, 6.45) is 3.89. The Morgan fingerprint density at radius 3 is 3.06 bits per heavy atom. The summed E-state index contributed by atoms with van der Waals surface area (Å²) in [5.41, 5.74) is 5.84. The molecule has 4 nitrogen and oxygen atoms in total. The average molecular weight is 240 g/mol. The number of rotatable bonds is 2. The van der Waals surface area contributed by atoms with Crippen LogP contribution in [0.2, 0.25) is 0 Å². The van der Waals surface area contributed by atoms with Crippen molar-refractivity contribution < 1.29 is 9.21 Å². The Bertz CT molecular complexity index is 378. The first-order valence-electron chi connectivity index (χ1n) is 5.39. The van der Waals surface area contributed by atoms with Gasteiger partial charge >= 0.3 is 0 Å². The molecule has 1 amide bonds. The zero-order valence-electron chi connectivity index (χ0n) is 9.31. The van der Waals surface area contributed by atoms with E-state index in [1.807, 2.05) is 12.3 Å². The summed E-state index contributed by atoms with van der Waals surface area (Å²) in [4.78, 5) is 13.8. The molecule has 0 aliphatic carbocycles. The fourth-order valence-electron chi connectivity index (χ4n) is 1.90. The number of thioether (sulfide) groups is 1. The minimum Gasteiger partial charge on any atom is -0.445 e. The molecule has 2 heterocycles. The van der Waals surface area contributed by atoms with E-state index in [0.717, 1.165) is 24.5 Å². The van der Waals surface area contributed by atoms with Gasteiger partial charge in [-0.2, -0.15) is 0 Å². The van der Waals surface area contributed by atoms with Crippen LogP contribution in [0.25, 0.3) is 0 Å². The quantitative estimate of drug-likeness (QED) is 0.797. The van der Waals surface area contributed by atoms with E-state index in [-0.39, 0.29) is 11.9 Å². The third-order valence-electron chi connectivity index (χ3n) is 2.74. The number of amides is 1. The third-order valence-corrected chi connectivity index (χ3v) is 3.36. The topological polar surface area (TPSA) is 59.5 Å². The van der Waals surface area contributed by atoms with Crippen molar-refractivity contribution in [3.8, 4) is 0 Å². The van der Waals surface area contributed by atoms with Crippen molar-refractivity contribution in [1.29, 1.82) is 0 Å². The largest absolute Gasteiger partial charge is 0.445 e. The predicted molar refractivity (Wildman–Crippen MR) is 63.6 cm³/mol. The standard InChI is InChI=1S/C11H16N2O2S/c1-16-10-5-4-9(15-10)11(14)13-6-2-3-8(12)7-13/h4-5,8H,2-3,6-7,12H2,1H3. The second-order valence-corrected chi connectivity index (χ2v) is 4.79. The first-order valence-corrected chi connectivity index (χ1v) is 6.62. The highest BCUT2D eigenvalue weighted by Crippen LogP contribution is 2.20. The highest BCUT2D eigenvalue weighted by molar-refractivity contribution is 7.98.